The maximum Gasteiger partial charge on any atom is 0.250 e. The van der Waals surface area contributed by atoms with E-state index >= 15 is 0 Å². The van der Waals surface area contributed by atoms with Crippen molar-refractivity contribution in [1.29, 1.82) is 0 Å². The van der Waals surface area contributed by atoms with Gasteiger partial charge in [-0.05, 0) is 32.0 Å². The lowest BCUT2D eigenvalue weighted by Gasteiger charge is -2.39. The van der Waals surface area contributed by atoms with Gasteiger partial charge in [0, 0.05) is 24.8 Å². The minimum atomic E-state index is -0.570. The van der Waals surface area contributed by atoms with Gasteiger partial charge < -0.3 is 10.2 Å². The molecule has 0 unspecified atom stereocenters. The van der Waals surface area contributed by atoms with Gasteiger partial charge in [-0.1, -0.05) is 0 Å². The van der Waals surface area contributed by atoms with Gasteiger partial charge in [-0.2, -0.15) is 5.10 Å². The Labute approximate surface area is 152 Å². The minimum absolute atomic E-state index is 0. The van der Waals surface area contributed by atoms with Crippen molar-refractivity contribution in [2.24, 2.45) is 0 Å². The Morgan fingerprint density at radius 1 is 1.43 bits per heavy atom. The number of likely N-dealkylation sites (N-methyl/N-ethyl adjacent to an activating group) is 1. The van der Waals surface area contributed by atoms with Crippen LogP contribution in [0.4, 0.5) is 0 Å². The van der Waals surface area contributed by atoms with Gasteiger partial charge in [0.2, 0.25) is 0 Å². The highest BCUT2D eigenvalue weighted by atomic mass is 35.5. The van der Waals surface area contributed by atoms with Crippen LogP contribution in [0.2, 0.25) is 0 Å². The van der Waals surface area contributed by atoms with Crippen molar-refractivity contribution in [2.75, 3.05) is 20.1 Å². The number of nitrogens with one attached hydrogen (secondary N) is 1. The average Bonchev–Trinajstić information content (AvgIpc) is 3.20. The van der Waals surface area contributed by atoms with Gasteiger partial charge in [0.05, 0.1) is 17.7 Å². The molecule has 0 atom stereocenters. The van der Waals surface area contributed by atoms with Gasteiger partial charge in [0.25, 0.3) is 5.91 Å². The molecule has 1 N–H and O–H groups in total. The summed E-state index contributed by atoms with van der Waals surface area (Å²) in [6.45, 7) is 2.20. The molecular weight excluding hydrogens is 357 g/mol. The number of aromatic nitrogens is 3. The van der Waals surface area contributed by atoms with Gasteiger partial charge in [-0.25, -0.2) is 4.98 Å². The van der Waals surface area contributed by atoms with E-state index in [0.29, 0.717) is 6.54 Å². The Balaban J connectivity index is 0.00000132. The lowest BCUT2D eigenvalue weighted by atomic mass is 9.87. The third-order valence-corrected chi connectivity index (χ3v) is 4.64. The fourth-order valence-corrected chi connectivity index (χ4v) is 3.44. The molecule has 1 amide bonds. The Bertz CT molecular complexity index is 584. The number of hydrogen-bond donors (Lipinski definition) is 1. The summed E-state index contributed by atoms with van der Waals surface area (Å²) in [7, 11) is 1.84. The van der Waals surface area contributed by atoms with E-state index in [9.17, 15) is 4.79 Å². The largest absolute Gasteiger partial charge is 0.338 e. The molecule has 0 bridgehead atoms. The smallest absolute Gasteiger partial charge is 0.250 e. The summed E-state index contributed by atoms with van der Waals surface area (Å²) in [6, 6.07) is 1.87. The summed E-state index contributed by atoms with van der Waals surface area (Å²) in [5.41, 5.74) is 2.15. The standard InChI is InChI=1S/C14H19N5OS.2ClH/c1-18(9-12-10-21-11-16-12)13(20)14(3-6-15-7-4-14)19-8-2-5-17-19;;/h2,5,8,10-11,15H,3-4,6-7,9H2,1H3;2*1H. The zero-order valence-electron chi connectivity index (χ0n) is 12.8. The Morgan fingerprint density at radius 3 is 2.74 bits per heavy atom. The fraction of sp³-hybridized carbons (Fsp3) is 0.500. The zero-order chi connectivity index (χ0) is 14.7. The first-order chi connectivity index (χ1) is 10.2. The van der Waals surface area contributed by atoms with Crippen LogP contribution in [0.5, 0.6) is 0 Å². The molecule has 0 aromatic carbocycles. The van der Waals surface area contributed by atoms with Crippen molar-refractivity contribution in [2.45, 2.75) is 24.9 Å². The molecule has 23 heavy (non-hydrogen) atoms. The average molecular weight is 378 g/mol. The molecule has 2 aromatic rings. The number of halogens is 2. The lowest BCUT2D eigenvalue weighted by Crippen LogP contribution is -2.54. The van der Waals surface area contributed by atoms with Crippen LogP contribution in [0.1, 0.15) is 18.5 Å². The number of thiazole rings is 1. The number of rotatable bonds is 4. The van der Waals surface area contributed by atoms with E-state index in [2.05, 4.69) is 15.4 Å². The van der Waals surface area contributed by atoms with Gasteiger partial charge in [-0.3, -0.25) is 9.48 Å². The Kier molecular flexibility index (Phi) is 7.47. The molecule has 0 spiro atoms. The van der Waals surface area contributed by atoms with E-state index in [1.807, 2.05) is 29.4 Å². The van der Waals surface area contributed by atoms with Crippen molar-refractivity contribution in [1.82, 2.24) is 25.0 Å². The third kappa shape index (κ3) is 4.03. The van der Waals surface area contributed by atoms with Crippen LogP contribution in [0.15, 0.2) is 29.4 Å². The molecule has 0 radical (unpaired) electrons. The van der Waals surface area contributed by atoms with E-state index in [4.69, 9.17) is 0 Å². The number of hydrogen-bond acceptors (Lipinski definition) is 5. The van der Waals surface area contributed by atoms with Crippen molar-refractivity contribution < 1.29 is 4.79 Å². The molecule has 3 heterocycles. The number of carbonyl (C=O) groups is 1. The van der Waals surface area contributed by atoms with Crippen LogP contribution < -0.4 is 5.32 Å². The van der Waals surface area contributed by atoms with Crippen molar-refractivity contribution >= 4 is 42.1 Å². The number of amides is 1. The quantitative estimate of drug-likeness (QED) is 0.883. The third-order valence-electron chi connectivity index (χ3n) is 4.00. The first-order valence-electron chi connectivity index (χ1n) is 7.06. The van der Waals surface area contributed by atoms with Crippen molar-refractivity contribution in [3.63, 3.8) is 0 Å². The molecular formula is C14H21Cl2N5OS. The predicted molar refractivity (Wildman–Crippen MR) is 95.4 cm³/mol. The van der Waals surface area contributed by atoms with E-state index in [1.54, 1.807) is 27.9 Å². The highest BCUT2D eigenvalue weighted by molar-refractivity contribution is 7.07. The highest BCUT2D eigenvalue weighted by Gasteiger charge is 2.43. The second kappa shape index (κ2) is 8.63. The van der Waals surface area contributed by atoms with Crippen LogP contribution in [0, 0.1) is 0 Å². The van der Waals surface area contributed by atoms with E-state index in [0.717, 1.165) is 31.6 Å². The van der Waals surface area contributed by atoms with Crippen LogP contribution in [0.3, 0.4) is 0 Å². The highest BCUT2D eigenvalue weighted by Crippen LogP contribution is 2.29. The summed E-state index contributed by atoms with van der Waals surface area (Å²) in [5, 5.41) is 9.64. The van der Waals surface area contributed by atoms with Gasteiger partial charge in [0.1, 0.15) is 5.54 Å². The minimum Gasteiger partial charge on any atom is -0.338 e. The second-order valence-electron chi connectivity index (χ2n) is 5.37. The molecule has 1 saturated heterocycles. The van der Waals surface area contributed by atoms with E-state index in [-0.39, 0.29) is 30.7 Å². The summed E-state index contributed by atoms with van der Waals surface area (Å²) < 4.78 is 1.83. The summed E-state index contributed by atoms with van der Waals surface area (Å²) >= 11 is 1.55. The number of piperidine rings is 1. The van der Waals surface area contributed by atoms with Gasteiger partial charge in [-0.15, -0.1) is 36.2 Å². The maximum atomic E-state index is 13.1. The normalized spacial score (nSPS) is 16.0. The second-order valence-corrected chi connectivity index (χ2v) is 6.09. The first-order valence-corrected chi connectivity index (χ1v) is 8.00. The van der Waals surface area contributed by atoms with Crippen molar-refractivity contribution in [3.8, 4) is 0 Å². The SMILES string of the molecule is CN(Cc1cscn1)C(=O)C1(n2cccn2)CCNCC1.Cl.Cl. The zero-order valence-corrected chi connectivity index (χ0v) is 15.3. The fourth-order valence-electron chi connectivity index (χ4n) is 2.89. The molecule has 9 heteroatoms. The molecule has 1 fully saturated rings. The summed E-state index contributed by atoms with van der Waals surface area (Å²) in [4.78, 5) is 19.1. The van der Waals surface area contributed by atoms with Crippen molar-refractivity contribution in [3.05, 3.63) is 35.0 Å². The first kappa shape index (κ1) is 19.9. The Morgan fingerprint density at radius 2 is 2.17 bits per heavy atom. The molecule has 1 aliphatic heterocycles. The number of nitrogens with zero attached hydrogens (tertiary/aromatic N) is 4. The number of carbonyl (C=O) groups excluding carboxylic acids is 1. The summed E-state index contributed by atoms with van der Waals surface area (Å²) in [6.07, 6.45) is 5.14. The molecule has 1 aliphatic rings. The molecule has 0 saturated carbocycles. The van der Waals surface area contributed by atoms with Crippen LogP contribution >= 0.6 is 36.2 Å². The van der Waals surface area contributed by atoms with Crippen LogP contribution in [-0.2, 0) is 16.9 Å². The Hall–Kier alpha value is -1.15. The van der Waals surface area contributed by atoms with E-state index < -0.39 is 5.54 Å². The molecule has 2 aromatic heterocycles. The molecule has 0 aliphatic carbocycles. The van der Waals surface area contributed by atoms with Gasteiger partial charge in [0.15, 0.2) is 0 Å². The van der Waals surface area contributed by atoms with Crippen LogP contribution in [0.25, 0.3) is 0 Å². The lowest BCUT2D eigenvalue weighted by molar-refractivity contribution is -0.142. The van der Waals surface area contributed by atoms with Crippen LogP contribution in [-0.4, -0.2) is 45.7 Å². The monoisotopic (exact) mass is 377 g/mol. The topological polar surface area (TPSA) is 63.1 Å². The molecule has 3 rings (SSSR count). The predicted octanol–water partition coefficient (Wildman–Crippen LogP) is 1.92. The van der Waals surface area contributed by atoms with E-state index in [1.165, 1.54) is 0 Å². The molecule has 6 nitrogen and oxygen atoms in total. The van der Waals surface area contributed by atoms with Gasteiger partial charge >= 0.3 is 0 Å². The maximum absolute atomic E-state index is 13.1. The summed E-state index contributed by atoms with van der Waals surface area (Å²) in [5.74, 6) is 0.112. The molecule has 128 valence electrons.